The normalized spacial score (nSPS) is 10.8. The van der Waals surface area contributed by atoms with Crippen molar-refractivity contribution in [3.05, 3.63) is 114 Å². The molecule has 1 amide bonds. The van der Waals surface area contributed by atoms with Crippen LogP contribution in [-0.4, -0.2) is 30.8 Å². The standard InChI is InChI=1S/C29H23N5O4/c1-3-27(35)24-17-23(12-15-31-24)38-22-10-8-20(9-11-22)33-26-18-30-14-13-25(26)34(29(33)37)21-7-5-6-19(16-21)32-28(36)4-2/h4-18H,2-3H2,1H3,(H,32,36). The summed E-state index contributed by atoms with van der Waals surface area (Å²) in [5.74, 6) is 0.619. The third-order valence-electron chi connectivity index (χ3n) is 5.87. The van der Waals surface area contributed by atoms with Crippen molar-refractivity contribution in [1.82, 2.24) is 19.1 Å². The second-order valence-electron chi connectivity index (χ2n) is 8.31. The lowest BCUT2D eigenvalue weighted by atomic mass is 10.2. The van der Waals surface area contributed by atoms with E-state index in [2.05, 4.69) is 21.9 Å². The van der Waals surface area contributed by atoms with Crippen LogP contribution < -0.4 is 15.7 Å². The Bertz CT molecular complexity index is 1730. The van der Waals surface area contributed by atoms with Crippen LogP contribution in [0.4, 0.5) is 5.69 Å². The molecule has 2 aromatic carbocycles. The molecular formula is C29H23N5O4. The number of nitrogens with zero attached hydrogens (tertiary/aromatic N) is 4. The monoisotopic (exact) mass is 505 g/mol. The van der Waals surface area contributed by atoms with E-state index in [0.29, 0.717) is 51.7 Å². The Balaban J connectivity index is 1.51. The topological polar surface area (TPSA) is 108 Å². The van der Waals surface area contributed by atoms with Gasteiger partial charge in [-0.05, 0) is 60.7 Å². The van der Waals surface area contributed by atoms with Gasteiger partial charge in [-0.1, -0.05) is 19.6 Å². The highest BCUT2D eigenvalue weighted by atomic mass is 16.5. The quantitative estimate of drug-likeness (QED) is 0.233. The maximum Gasteiger partial charge on any atom is 0.338 e. The lowest BCUT2D eigenvalue weighted by Crippen LogP contribution is -2.22. The minimum absolute atomic E-state index is 0.0659. The number of hydrogen-bond donors (Lipinski definition) is 1. The molecule has 0 unspecified atom stereocenters. The van der Waals surface area contributed by atoms with Gasteiger partial charge in [-0.25, -0.2) is 4.79 Å². The number of imidazole rings is 1. The van der Waals surface area contributed by atoms with Gasteiger partial charge < -0.3 is 10.1 Å². The zero-order chi connectivity index (χ0) is 26.6. The van der Waals surface area contributed by atoms with Gasteiger partial charge in [0.05, 0.1) is 28.6 Å². The number of benzene rings is 2. The van der Waals surface area contributed by atoms with E-state index in [-0.39, 0.29) is 17.4 Å². The zero-order valence-corrected chi connectivity index (χ0v) is 20.5. The number of ketones is 1. The number of ether oxygens (including phenoxy) is 1. The van der Waals surface area contributed by atoms with Crippen molar-refractivity contribution in [2.75, 3.05) is 5.32 Å². The second-order valence-corrected chi connectivity index (χ2v) is 8.31. The highest BCUT2D eigenvalue weighted by Gasteiger charge is 2.17. The zero-order valence-electron chi connectivity index (χ0n) is 20.5. The van der Waals surface area contributed by atoms with Crippen molar-refractivity contribution in [2.24, 2.45) is 0 Å². The number of fused-ring (bicyclic) bond motifs is 1. The summed E-state index contributed by atoms with van der Waals surface area (Å²) < 4.78 is 9.04. The first-order valence-corrected chi connectivity index (χ1v) is 11.9. The molecule has 0 aliphatic heterocycles. The van der Waals surface area contributed by atoms with Crippen LogP contribution in [0.3, 0.4) is 0 Å². The van der Waals surface area contributed by atoms with E-state index < -0.39 is 0 Å². The molecule has 5 rings (SSSR count). The predicted molar refractivity (Wildman–Crippen MR) is 144 cm³/mol. The van der Waals surface area contributed by atoms with Crippen molar-refractivity contribution in [3.63, 3.8) is 0 Å². The van der Waals surface area contributed by atoms with Crippen LogP contribution in [0.25, 0.3) is 22.4 Å². The number of hydrogen-bond acceptors (Lipinski definition) is 6. The average Bonchev–Trinajstić information content (AvgIpc) is 3.24. The van der Waals surface area contributed by atoms with E-state index in [0.717, 1.165) is 0 Å². The van der Waals surface area contributed by atoms with Crippen LogP contribution in [0.5, 0.6) is 11.5 Å². The molecule has 5 aromatic rings. The number of carbonyl (C=O) groups is 2. The Kier molecular flexibility index (Phi) is 6.65. The van der Waals surface area contributed by atoms with Gasteiger partial charge in [-0.15, -0.1) is 0 Å². The fourth-order valence-electron chi connectivity index (χ4n) is 4.07. The number of carbonyl (C=O) groups excluding carboxylic acids is 2. The van der Waals surface area contributed by atoms with Crippen molar-refractivity contribution in [1.29, 1.82) is 0 Å². The molecular weight excluding hydrogens is 482 g/mol. The van der Waals surface area contributed by atoms with Gasteiger partial charge in [0.25, 0.3) is 0 Å². The van der Waals surface area contributed by atoms with Crippen LogP contribution in [0.1, 0.15) is 23.8 Å². The highest BCUT2D eigenvalue weighted by molar-refractivity contribution is 5.99. The summed E-state index contributed by atoms with van der Waals surface area (Å²) in [7, 11) is 0. The largest absolute Gasteiger partial charge is 0.457 e. The third-order valence-corrected chi connectivity index (χ3v) is 5.87. The van der Waals surface area contributed by atoms with Crippen LogP contribution in [0, 0.1) is 0 Å². The lowest BCUT2D eigenvalue weighted by Gasteiger charge is -2.08. The van der Waals surface area contributed by atoms with E-state index in [9.17, 15) is 14.4 Å². The van der Waals surface area contributed by atoms with Crippen LogP contribution >= 0.6 is 0 Å². The smallest absolute Gasteiger partial charge is 0.338 e. The second kappa shape index (κ2) is 10.4. The molecule has 0 fully saturated rings. The number of pyridine rings is 2. The summed E-state index contributed by atoms with van der Waals surface area (Å²) in [6, 6.07) is 19.1. The minimum atomic E-state index is -0.344. The molecule has 0 saturated carbocycles. The number of aromatic nitrogens is 4. The molecule has 9 heteroatoms. The highest BCUT2D eigenvalue weighted by Crippen LogP contribution is 2.26. The molecule has 0 bridgehead atoms. The summed E-state index contributed by atoms with van der Waals surface area (Å²) in [5, 5.41) is 2.72. The van der Waals surface area contributed by atoms with Gasteiger partial charge in [0.15, 0.2) is 5.78 Å². The molecule has 38 heavy (non-hydrogen) atoms. The van der Waals surface area contributed by atoms with Crippen molar-refractivity contribution < 1.29 is 14.3 Å². The first kappa shape index (κ1) is 24.4. The molecule has 0 aliphatic carbocycles. The molecule has 3 heterocycles. The number of rotatable bonds is 8. The molecule has 3 aromatic heterocycles. The molecule has 188 valence electrons. The summed E-state index contributed by atoms with van der Waals surface area (Å²) in [6.07, 6.45) is 6.32. The first-order chi connectivity index (χ1) is 18.5. The number of anilines is 1. The first-order valence-electron chi connectivity index (χ1n) is 11.9. The molecule has 1 N–H and O–H groups in total. The summed E-state index contributed by atoms with van der Waals surface area (Å²) in [6.45, 7) is 5.25. The predicted octanol–water partition coefficient (Wildman–Crippen LogP) is 5.08. The Labute approximate surface area is 217 Å². The molecule has 0 radical (unpaired) electrons. The molecule has 0 saturated heterocycles. The molecule has 0 aliphatic rings. The van der Waals surface area contributed by atoms with Gasteiger partial charge in [0.2, 0.25) is 5.91 Å². The molecule has 0 spiro atoms. The number of amides is 1. The van der Waals surface area contributed by atoms with Crippen molar-refractivity contribution in [3.8, 4) is 22.9 Å². The average molecular weight is 506 g/mol. The van der Waals surface area contributed by atoms with Gasteiger partial charge in [-0.3, -0.25) is 28.7 Å². The van der Waals surface area contributed by atoms with Gasteiger partial charge in [-0.2, -0.15) is 0 Å². The van der Waals surface area contributed by atoms with E-state index in [4.69, 9.17) is 4.74 Å². The number of Topliss-reactive ketones (excluding diaryl/α,β-unsaturated/α-hetero) is 1. The summed E-state index contributed by atoms with van der Waals surface area (Å²) >= 11 is 0. The van der Waals surface area contributed by atoms with Crippen molar-refractivity contribution in [2.45, 2.75) is 13.3 Å². The Morgan fingerprint density at radius 1 is 0.947 bits per heavy atom. The fraction of sp³-hybridized carbons (Fsp3) is 0.0690. The Morgan fingerprint density at radius 3 is 2.50 bits per heavy atom. The van der Waals surface area contributed by atoms with Crippen LogP contribution in [-0.2, 0) is 4.79 Å². The number of nitrogens with one attached hydrogen (secondary N) is 1. The summed E-state index contributed by atoms with van der Waals surface area (Å²) in [4.78, 5) is 45.7. The molecule has 0 atom stereocenters. The maximum absolute atomic E-state index is 13.7. The third kappa shape index (κ3) is 4.72. The van der Waals surface area contributed by atoms with E-state index in [1.54, 1.807) is 95.2 Å². The van der Waals surface area contributed by atoms with Crippen LogP contribution in [0.2, 0.25) is 0 Å². The van der Waals surface area contributed by atoms with Crippen molar-refractivity contribution >= 4 is 28.4 Å². The minimum Gasteiger partial charge on any atom is -0.457 e. The maximum atomic E-state index is 13.7. The van der Waals surface area contributed by atoms with E-state index >= 15 is 0 Å². The van der Waals surface area contributed by atoms with Crippen LogP contribution in [0.15, 0.2) is 103 Å². The van der Waals surface area contributed by atoms with Gasteiger partial charge >= 0.3 is 5.69 Å². The SMILES string of the molecule is C=CC(=O)Nc1cccc(-n2c(=O)n(-c3ccc(Oc4ccnc(C(=O)CC)c4)cc3)c3cnccc32)c1. The Morgan fingerprint density at radius 2 is 1.74 bits per heavy atom. The van der Waals surface area contributed by atoms with E-state index in [1.807, 2.05) is 0 Å². The van der Waals surface area contributed by atoms with E-state index in [1.165, 1.54) is 12.3 Å². The lowest BCUT2D eigenvalue weighted by molar-refractivity contribution is -0.111. The van der Waals surface area contributed by atoms with Gasteiger partial charge in [0.1, 0.15) is 17.2 Å². The fourth-order valence-corrected chi connectivity index (χ4v) is 4.07. The Hall–Kier alpha value is -5.31. The van der Waals surface area contributed by atoms with Gasteiger partial charge in [0, 0.05) is 30.6 Å². The summed E-state index contributed by atoms with van der Waals surface area (Å²) in [5.41, 5.74) is 3.06. The molecule has 9 nitrogen and oxygen atoms in total.